The third-order valence-electron chi connectivity index (χ3n) is 2.91. The molecule has 0 aliphatic rings. The monoisotopic (exact) mass is 228 g/mol. The lowest BCUT2D eigenvalue weighted by Crippen LogP contribution is -2.45. The number of nitrogens with one attached hydrogen (secondary N) is 1. The minimum Gasteiger partial charge on any atom is -0.313 e. The summed E-state index contributed by atoms with van der Waals surface area (Å²) in [4.78, 5) is 2.63. The quantitative estimate of drug-likeness (QED) is 0.652. The molecule has 1 N–H and O–H groups in total. The van der Waals surface area contributed by atoms with Crippen LogP contribution in [-0.4, -0.2) is 36.6 Å². The fourth-order valence-electron chi connectivity index (χ4n) is 2.12. The molecule has 0 saturated heterocycles. The van der Waals surface area contributed by atoms with Crippen LogP contribution in [-0.2, 0) is 0 Å². The van der Waals surface area contributed by atoms with E-state index in [2.05, 4.69) is 51.8 Å². The Labute approximate surface area is 103 Å². The zero-order chi connectivity index (χ0) is 12.6. The Morgan fingerprint density at radius 2 is 1.69 bits per heavy atom. The van der Waals surface area contributed by atoms with Crippen molar-refractivity contribution in [3.63, 3.8) is 0 Å². The second-order valence-electron chi connectivity index (χ2n) is 5.49. The third-order valence-corrected chi connectivity index (χ3v) is 2.91. The van der Waals surface area contributed by atoms with Gasteiger partial charge in [-0.15, -0.1) is 0 Å². The van der Waals surface area contributed by atoms with Gasteiger partial charge in [-0.25, -0.2) is 0 Å². The molecule has 0 saturated carbocycles. The van der Waals surface area contributed by atoms with E-state index in [9.17, 15) is 0 Å². The van der Waals surface area contributed by atoms with Crippen LogP contribution in [0.4, 0.5) is 0 Å². The molecule has 0 spiro atoms. The molecule has 0 amide bonds. The number of likely N-dealkylation sites (N-methyl/N-ethyl adjacent to an activating group) is 1. The van der Waals surface area contributed by atoms with Gasteiger partial charge in [-0.3, -0.25) is 4.90 Å². The summed E-state index contributed by atoms with van der Waals surface area (Å²) in [6.07, 6.45) is 2.58. The molecule has 0 aliphatic heterocycles. The average molecular weight is 228 g/mol. The zero-order valence-electron chi connectivity index (χ0n) is 12.2. The molecule has 0 aliphatic carbocycles. The number of nitrogens with zero attached hydrogens (tertiary/aromatic N) is 1. The normalized spacial score (nSPS) is 14.1. The van der Waals surface area contributed by atoms with Crippen LogP contribution < -0.4 is 5.32 Å². The van der Waals surface area contributed by atoms with Gasteiger partial charge < -0.3 is 5.32 Å². The van der Waals surface area contributed by atoms with E-state index in [1.807, 2.05) is 0 Å². The Balaban J connectivity index is 4.21. The summed E-state index contributed by atoms with van der Waals surface area (Å²) in [5.74, 6) is 0.762. The standard InChI is InChI=1S/C14H32N2/c1-7-9-14(10-15-13(5)6)16(8-2)11-12(3)4/h12-15H,7-11H2,1-6H3. The Bertz CT molecular complexity index is 155. The molecule has 16 heavy (non-hydrogen) atoms. The van der Waals surface area contributed by atoms with Crippen LogP contribution in [0.5, 0.6) is 0 Å². The Hall–Kier alpha value is -0.0800. The van der Waals surface area contributed by atoms with Gasteiger partial charge >= 0.3 is 0 Å². The maximum atomic E-state index is 3.58. The highest BCUT2D eigenvalue weighted by molar-refractivity contribution is 4.75. The number of hydrogen-bond donors (Lipinski definition) is 1. The van der Waals surface area contributed by atoms with E-state index in [1.54, 1.807) is 0 Å². The molecule has 0 bridgehead atoms. The molecule has 0 heterocycles. The molecule has 2 heteroatoms. The van der Waals surface area contributed by atoms with Crippen LogP contribution in [0.3, 0.4) is 0 Å². The van der Waals surface area contributed by atoms with Crippen LogP contribution >= 0.6 is 0 Å². The van der Waals surface area contributed by atoms with Crippen molar-refractivity contribution in [2.75, 3.05) is 19.6 Å². The molecule has 0 radical (unpaired) electrons. The van der Waals surface area contributed by atoms with E-state index in [0.29, 0.717) is 12.1 Å². The van der Waals surface area contributed by atoms with Crippen LogP contribution in [0.1, 0.15) is 54.4 Å². The molecule has 0 aromatic heterocycles. The molecular weight excluding hydrogens is 196 g/mol. The first kappa shape index (κ1) is 15.9. The second-order valence-corrected chi connectivity index (χ2v) is 5.49. The Morgan fingerprint density at radius 1 is 1.06 bits per heavy atom. The number of hydrogen-bond acceptors (Lipinski definition) is 2. The van der Waals surface area contributed by atoms with Gasteiger partial charge in [0, 0.05) is 25.2 Å². The first-order valence-corrected chi connectivity index (χ1v) is 6.98. The van der Waals surface area contributed by atoms with Crippen molar-refractivity contribution in [1.29, 1.82) is 0 Å². The fourth-order valence-corrected chi connectivity index (χ4v) is 2.12. The van der Waals surface area contributed by atoms with Crippen LogP contribution in [0.15, 0.2) is 0 Å². The van der Waals surface area contributed by atoms with Crippen molar-refractivity contribution in [1.82, 2.24) is 10.2 Å². The summed E-state index contributed by atoms with van der Waals surface area (Å²) in [7, 11) is 0. The highest BCUT2D eigenvalue weighted by Crippen LogP contribution is 2.09. The average Bonchev–Trinajstić information content (AvgIpc) is 2.20. The minimum atomic E-state index is 0.595. The van der Waals surface area contributed by atoms with E-state index in [4.69, 9.17) is 0 Å². The highest BCUT2D eigenvalue weighted by atomic mass is 15.2. The smallest absolute Gasteiger partial charge is 0.0220 e. The molecule has 0 aromatic carbocycles. The lowest BCUT2D eigenvalue weighted by molar-refractivity contribution is 0.168. The first-order valence-electron chi connectivity index (χ1n) is 6.98. The predicted molar refractivity (Wildman–Crippen MR) is 73.9 cm³/mol. The molecule has 0 aromatic rings. The second kappa shape index (κ2) is 9.00. The van der Waals surface area contributed by atoms with Gasteiger partial charge in [0.15, 0.2) is 0 Å². The fraction of sp³-hybridized carbons (Fsp3) is 1.00. The van der Waals surface area contributed by atoms with Crippen molar-refractivity contribution in [2.45, 2.75) is 66.5 Å². The van der Waals surface area contributed by atoms with E-state index in [1.165, 1.54) is 25.9 Å². The van der Waals surface area contributed by atoms with E-state index in [0.717, 1.165) is 12.5 Å². The third kappa shape index (κ3) is 7.24. The van der Waals surface area contributed by atoms with Gasteiger partial charge in [0.05, 0.1) is 0 Å². The van der Waals surface area contributed by atoms with Gasteiger partial charge in [-0.05, 0) is 18.9 Å². The largest absolute Gasteiger partial charge is 0.313 e. The maximum absolute atomic E-state index is 3.58. The van der Waals surface area contributed by atoms with Gasteiger partial charge in [-0.2, -0.15) is 0 Å². The lowest BCUT2D eigenvalue weighted by Gasteiger charge is -2.32. The summed E-state index contributed by atoms with van der Waals surface area (Å²) in [6.45, 7) is 17.1. The summed E-state index contributed by atoms with van der Waals surface area (Å²) in [5, 5.41) is 3.58. The summed E-state index contributed by atoms with van der Waals surface area (Å²) < 4.78 is 0. The first-order chi connectivity index (χ1) is 7.51. The van der Waals surface area contributed by atoms with Gasteiger partial charge in [0.25, 0.3) is 0 Å². The van der Waals surface area contributed by atoms with E-state index < -0.39 is 0 Å². The van der Waals surface area contributed by atoms with Crippen molar-refractivity contribution in [2.24, 2.45) is 5.92 Å². The topological polar surface area (TPSA) is 15.3 Å². The molecule has 2 nitrogen and oxygen atoms in total. The Kier molecular flexibility index (Phi) is 8.96. The highest BCUT2D eigenvalue weighted by Gasteiger charge is 2.17. The van der Waals surface area contributed by atoms with Crippen LogP contribution in [0, 0.1) is 5.92 Å². The van der Waals surface area contributed by atoms with Crippen molar-refractivity contribution >= 4 is 0 Å². The van der Waals surface area contributed by atoms with E-state index in [-0.39, 0.29) is 0 Å². The lowest BCUT2D eigenvalue weighted by atomic mass is 10.1. The molecule has 1 atom stereocenters. The Morgan fingerprint density at radius 3 is 2.06 bits per heavy atom. The van der Waals surface area contributed by atoms with Gasteiger partial charge in [0.1, 0.15) is 0 Å². The molecule has 0 rings (SSSR count). The van der Waals surface area contributed by atoms with Crippen LogP contribution in [0.25, 0.3) is 0 Å². The summed E-state index contributed by atoms with van der Waals surface area (Å²) >= 11 is 0. The maximum Gasteiger partial charge on any atom is 0.0220 e. The molecule has 1 unspecified atom stereocenters. The van der Waals surface area contributed by atoms with Crippen LogP contribution in [0.2, 0.25) is 0 Å². The molecule has 98 valence electrons. The minimum absolute atomic E-state index is 0.595. The molecular formula is C14H32N2. The zero-order valence-corrected chi connectivity index (χ0v) is 12.2. The SMILES string of the molecule is CCCC(CNC(C)C)N(CC)CC(C)C. The van der Waals surface area contributed by atoms with Crippen molar-refractivity contribution in [3.8, 4) is 0 Å². The van der Waals surface area contributed by atoms with Crippen molar-refractivity contribution < 1.29 is 0 Å². The summed E-state index contributed by atoms with van der Waals surface area (Å²) in [5.41, 5.74) is 0. The summed E-state index contributed by atoms with van der Waals surface area (Å²) in [6, 6.07) is 1.30. The number of rotatable bonds is 9. The molecule has 0 fully saturated rings. The van der Waals surface area contributed by atoms with Gasteiger partial charge in [0.2, 0.25) is 0 Å². The predicted octanol–water partition coefficient (Wildman–Crippen LogP) is 3.13. The van der Waals surface area contributed by atoms with Crippen molar-refractivity contribution in [3.05, 3.63) is 0 Å². The van der Waals surface area contributed by atoms with Gasteiger partial charge in [-0.1, -0.05) is 48.0 Å². The van der Waals surface area contributed by atoms with E-state index >= 15 is 0 Å².